The number of anilines is 1. The fraction of sp³-hybridized carbons (Fsp3) is 0.632. The van der Waals surface area contributed by atoms with Crippen LogP contribution in [0.2, 0.25) is 0 Å². The predicted octanol–water partition coefficient (Wildman–Crippen LogP) is 4.08. The number of aryl methyl sites for hydroxylation is 1. The number of carbonyl (C=O) groups excluding carboxylic acids is 1. The molecule has 0 atom stereocenters. The third kappa shape index (κ3) is 3.31. The van der Waals surface area contributed by atoms with Crippen LogP contribution in [0.1, 0.15) is 51.2 Å². The lowest BCUT2D eigenvalue weighted by molar-refractivity contribution is 0.0159. The quantitative estimate of drug-likeness (QED) is 0.784. The van der Waals surface area contributed by atoms with E-state index in [4.69, 9.17) is 4.74 Å². The van der Waals surface area contributed by atoms with E-state index in [1.807, 2.05) is 25.7 Å². The molecule has 1 amide bonds. The zero-order chi connectivity index (χ0) is 16.7. The van der Waals surface area contributed by atoms with Gasteiger partial charge in [0.05, 0.1) is 0 Å². The normalized spacial score (nSPS) is 19.9. The van der Waals surface area contributed by atoms with E-state index < -0.39 is 5.60 Å². The first kappa shape index (κ1) is 16.2. The number of fused-ring (bicyclic) bond motifs is 2. The summed E-state index contributed by atoms with van der Waals surface area (Å²) >= 11 is 0. The number of rotatable bonds is 0. The highest BCUT2D eigenvalue weighted by atomic mass is 16.6. The van der Waals surface area contributed by atoms with Crippen LogP contribution in [-0.4, -0.2) is 36.2 Å². The summed E-state index contributed by atoms with van der Waals surface area (Å²) in [5.41, 5.74) is 3.79. The number of amides is 1. The Bertz CT molecular complexity index is 596. The van der Waals surface area contributed by atoms with E-state index in [-0.39, 0.29) is 11.5 Å². The minimum absolute atomic E-state index is 0.176. The van der Waals surface area contributed by atoms with Gasteiger partial charge in [-0.25, -0.2) is 4.79 Å². The molecule has 0 aromatic heterocycles. The zero-order valence-electron chi connectivity index (χ0n) is 14.7. The molecule has 1 saturated heterocycles. The standard InChI is InChI=1S/C19H28N2O2/c1-14-5-6-15-16(13-14)20-10-7-19(15)8-11-21(12-9-19)17(22)23-18(2,3)4/h5-6,13,20H,7-12H2,1-4H3. The summed E-state index contributed by atoms with van der Waals surface area (Å²) in [7, 11) is 0. The van der Waals surface area contributed by atoms with Gasteiger partial charge in [-0.2, -0.15) is 0 Å². The van der Waals surface area contributed by atoms with E-state index in [2.05, 4.69) is 30.4 Å². The Morgan fingerprint density at radius 1 is 1.22 bits per heavy atom. The number of hydrogen-bond acceptors (Lipinski definition) is 3. The Labute approximate surface area is 139 Å². The minimum atomic E-state index is -0.425. The predicted molar refractivity (Wildman–Crippen MR) is 93.0 cm³/mol. The largest absolute Gasteiger partial charge is 0.444 e. The number of likely N-dealkylation sites (tertiary alicyclic amines) is 1. The summed E-state index contributed by atoms with van der Waals surface area (Å²) in [6.07, 6.45) is 3.00. The van der Waals surface area contributed by atoms with Gasteiger partial charge in [0.2, 0.25) is 0 Å². The number of nitrogens with one attached hydrogen (secondary N) is 1. The van der Waals surface area contributed by atoms with E-state index in [0.29, 0.717) is 0 Å². The highest BCUT2D eigenvalue weighted by Crippen LogP contribution is 2.44. The maximum absolute atomic E-state index is 12.3. The van der Waals surface area contributed by atoms with Crippen molar-refractivity contribution < 1.29 is 9.53 Å². The van der Waals surface area contributed by atoms with Gasteiger partial charge in [0.15, 0.2) is 0 Å². The van der Waals surface area contributed by atoms with Crippen LogP contribution in [0, 0.1) is 6.92 Å². The average molecular weight is 316 g/mol. The Balaban J connectivity index is 1.73. The van der Waals surface area contributed by atoms with Gasteiger partial charge in [0.25, 0.3) is 0 Å². The van der Waals surface area contributed by atoms with Gasteiger partial charge in [0.1, 0.15) is 5.60 Å². The van der Waals surface area contributed by atoms with Crippen molar-refractivity contribution in [2.75, 3.05) is 25.0 Å². The van der Waals surface area contributed by atoms with Gasteiger partial charge in [-0.15, -0.1) is 0 Å². The summed E-state index contributed by atoms with van der Waals surface area (Å²) in [4.78, 5) is 14.1. The average Bonchev–Trinajstić information content (AvgIpc) is 2.46. The fourth-order valence-corrected chi connectivity index (χ4v) is 3.80. The molecule has 0 unspecified atom stereocenters. The van der Waals surface area contributed by atoms with Crippen molar-refractivity contribution in [3.05, 3.63) is 29.3 Å². The summed E-state index contributed by atoms with van der Waals surface area (Å²) in [5, 5.41) is 3.53. The van der Waals surface area contributed by atoms with Crippen LogP contribution >= 0.6 is 0 Å². The maximum Gasteiger partial charge on any atom is 0.410 e. The van der Waals surface area contributed by atoms with Gasteiger partial charge in [0, 0.05) is 30.7 Å². The lowest BCUT2D eigenvalue weighted by atomic mass is 9.68. The van der Waals surface area contributed by atoms with Gasteiger partial charge in [-0.05, 0) is 64.2 Å². The molecule has 0 aliphatic carbocycles. The third-order valence-electron chi connectivity index (χ3n) is 5.04. The molecule has 2 heterocycles. The lowest BCUT2D eigenvalue weighted by Gasteiger charge is -2.45. The van der Waals surface area contributed by atoms with Crippen molar-refractivity contribution in [1.29, 1.82) is 0 Å². The van der Waals surface area contributed by atoms with Gasteiger partial charge in [-0.1, -0.05) is 12.1 Å². The van der Waals surface area contributed by atoms with Gasteiger partial charge >= 0.3 is 6.09 Å². The van der Waals surface area contributed by atoms with Crippen molar-refractivity contribution in [3.63, 3.8) is 0 Å². The van der Waals surface area contributed by atoms with Crippen LogP contribution in [0.15, 0.2) is 18.2 Å². The minimum Gasteiger partial charge on any atom is -0.444 e. The van der Waals surface area contributed by atoms with Crippen LogP contribution < -0.4 is 5.32 Å². The molecule has 1 spiro atoms. The second kappa shape index (κ2) is 5.73. The number of nitrogens with zero attached hydrogens (tertiary/aromatic N) is 1. The molecular weight excluding hydrogens is 288 g/mol. The highest BCUT2D eigenvalue weighted by molar-refractivity contribution is 5.68. The van der Waals surface area contributed by atoms with E-state index in [9.17, 15) is 4.79 Å². The molecule has 3 rings (SSSR count). The number of hydrogen-bond donors (Lipinski definition) is 1. The molecule has 4 heteroatoms. The van der Waals surface area contributed by atoms with Crippen LogP contribution in [0.5, 0.6) is 0 Å². The fourth-order valence-electron chi connectivity index (χ4n) is 3.80. The number of piperidine rings is 1. The van der Waals surface area contributed by atoms with Gasteiger partial charge in [-0.3, -0.25) is 0 Å². The van der Waals surface area contributed by atoms with Crippen molar-refractivity contribution in [1.82, 2.24) is 4.90 Å². The Hall–Kier alpha value is -1.71. The molecule has 0 saturated carbocycles. The van der Waals surface area contributed by atoms with Crippen LogP contribution in [-0.2, 0) is 10.2 Å². The van der Waals surface area contributed by atoms with Crippen molar-refractivity contribution in [2.45, 2.75) is 58.0 Å². The Morgan fingerprint density at radius 2 is 1.91 bits per heavy atom. The molecule has 0 bridgehead atoms. The lowest BCUT2D eigenvalue weighted by Crippen LogP contribution is -2.48. The molecule has 1 fully saturated rings. The summed E-state index contributed by atoms with van der Waals surface area (Å²) in [5.74, 6) is 0. The molecule has 0 radical (unpaired) electrons. The molecule has 2 aliphatic heterocycles. The van der Waals surface area contributed by atoms with Crippen LogP contribution in [0.4, 0.5) is 10.5 Å². The first-order valence-corrected chi connectivity index (χ1v) is 8.62. The maximum atomic E-state index is 12.3. The second-order valence-electron chi connectivity index (χ2n) is 7.97. The molecule has 1 N–H and O–H groups in total. The first-order chi connectivity index (χ1) is 10.8. The first-order valence-electron chi connectivity index (χ1n) is 8.62. The van der Waals surface area contributed by atoms with E-state index >= 15 is 0 Å². The number of carbonyl (C=O) groups is 1. The molecule has 1 aromatic carbocycles. The van der Waals surface area contributed by atoms with Crippen molar-refractivity contribution >= 4 is 11.8 Å². The second-order valence-corrected chi connectivity index (χ2v) is 7.97. The Morgan fingerprint density at radius 3 is 2.57 bits per heavy atom. The molecule has 23 heavy (non-hydrogen) atoms. The summed E-state index contributed by atoms with van der Waals surface area (Å²) in [6.45, 7) is 10.5. The smallest absolute Gasteiger partial charge is 0.410 e. The van der Waals surface area contributed by atoms with Crippen LogP contribution in [0.3, 0.4) is 0 Å². The van der Waals surface area contributed by atoms with Gasteiger partial charge < -0.3 is 15.0 Å². The molecule has 4 nitrogen and oxygen atoms in total. The monoisotopic (exact) mass is 316 g/mol. The van der Waals surface area contributed by atoms with Crippen molar-refractivity contribution in [2.24, 2.45) is 0 Å². The third-order valence-corrected chi connectivity index (χ3v) is 5.04. The number of ether oxygens (including phenoxy) is 1. The van der Waals surface area contributed by atoms with E-state index in [1.165, 1.54) is 16.8 Å². The topological polar surface area (TPSA) is 41.6 Å². The molecular formula is C19H28N2O2. The summed E-state index contributed by atoms with van der Waals surface area (Å²) in [6, 6.07) is 6.73. The Kier molecular flexibility index (Phi) is 4.03. The molecule has 1 aromatic rings. The van der Waals surface area contributed by atoms with Crippen molar-refractivity contribution in [3.8, 4) is 0 Å². The highest BCUT2D eigenvalue weighted by Gasteiger charge is 2.41. The molecule has 126 valence electrons. The van der Waals surface area contributed by atoms with E-state index in [1.54, 1.807) is 0 Å². The number of benzene rings is 1. The van der Waals surface area contributed by atoms with Crippen LogP contribution in [0.25, 0.3) is 0 Å². The van der Waals surface area contributed by atoms with E-state index in [0.717, 1.165) is 38.9 Å². The summed E-state index contributed by atoms with van der Waals surface area (Å²) < 4.78 is 5.51. The SMILES string of the molecule is Cc1ccc2c(c1)NCCC21CCN(C(=O)OC(C)(C)C)CC1. The molecule has 2 aliphatic rings. The zero-order valence-corrected chi connectivity index (χ0v) is 14.7.